The zero-order valence-electron chi connectivity index (χ0n) is 13.5. The first-order valence-corrected chi connectivity index (χ1v) is 8.10. The Morgan fingerprint density at radius 2 is 2.04 bits per heavy atom. The summed E-state index contributed by atoms with van der Waals surface area (Å²) in [6.07, 6.45) is 9.84. The second kappa shape index (κ2) is 5.86. The highest BCUT2D eigenvalue weighted by molar-refractivity contribution is 5.68. The molecule has 0 aliphatic heterocycles. The molecular weight excluding hydrogens is 296 g/mol. The summed E-state index contributed by atoms with van der Waals surface area (Å²) in [7, 11) is 0. The van der Waals surface area contributed by atoms with Crippen molar-refractivity contribution in [2.75, 3.05) is 5.32 Å². The first-order chi connectivity index (χ1) is 11.7. The van der Waals surface area contributed by atoms with Gasteiger partial charge in [0.2, 0.25) is 0 Å². The topological polar surface area (TPSA) is 53.6 Å². The summed E-state index contributed by atoms with van der Waals surface area (Å²) >= 11 is 0. The molecule has 1 aliphatic carbocycles. The van der Waals surface area contributed by atoms with Gasteiger partial charge < -0.3 is 10.3 Å². The Labute approximate surface area is 141 Å². The van der Waals surface area contributed by atoms with Crippen LogP contribution in [0.15, 0.2) is 42.6 Å². The molecule has 2 N–H and O–H groups in total. The molecule has 0 amide bonds. The van der Waals surface area contributed by atoms with E-state index in [9.17, 15) is 0 Å². The average Bonchev–Trinajstić information content (AvgIpc) is 3.40. The monoisotopic (exact) mass is 314 g/mol. The van der Waals surface area contributed by atoms with E-state index in [1.54, 1.807) is 6.20 Å². The Morgan fingerprint density at radius 3 is 2.75 bits per heavy atom. The molecule has 0 radical (unpaired) electrons. The van der Waals surface area contributed by atoms with Crippen LogP contribution in [-0.4, -0.2) is 15.0 Å². The minimum absolute atomic E-state index is 0.656. The first kappa shape index (κ1) is 14.5. The molecule has 1 fully saturated rings. The van der Waals surface area contributed by atoms with E-state index >= 15 is 0 Å². The van der Waals surface area contributed by atoms with E-state index in [0.29, 0.717) is 23.1 Å². The number of rotatable bonds is 4. The Balaban J connectivity index is 1.70. The van der Waals surface area contributed by atoms with Crippen LogP contribution in [0, 0.1) is 19.3 Å². The predicted molar refractivity (Wildman–Crippen MR) is 96.2 cm³/mol. The summed E-state index contributed by atoms with van der Waals surface area (Å²) in [6.45, 7) is 2.06. The molecule has 118 valence electrons. The van der Waals surface area contributed by atoms with Gasteiger partial charge in [0.25, 0.3) is 0 Å². The highest BCUT2D eigenvalue weighted by atomic mass is 15.0. The number of hydrogen-bond acceptors (Lipinski definition) is 3. The van der Waals surface area contributed by atoms with Crippen LogP contribution in [0.3, 0.4) is 0 Å². The second-order valence-electron chi connectivity index (χ2n) is 6.13. The van der Waals surface area contributed by atoms with Gasteiger partial charge in [-0.2, -0.15) is 0 Å². The third-order valence-electron chi connectivity index (χ3n) is 4.28. The van der Waals surface area contributed by atoms with Crippen molar-refractivity contribution >= 4 is 11.5 Å². The van der Waals surface area contributed by atoms with E-state index in [0.717, 1.165) is 16.9 Å². The third kappa shape index (κ3) is 2.77. The van der Waals surface area contributed by atoms with Crippen LogP contribution in [0.4, 0.5) is 11.5 Å². The van der Waals surface area contributed by atoms with E-state index in [1.807, 2.05) is 30.3 Å². The van der Waals surface area contributed by atoms with Crippen LogP contribution < -0.4 is 5.32 Å². The van der Waals surface area contributed by atoms with E-state index < -0.39 is 0 Å². The molecule has 4 rings (SSSR count). The molecule has 4 heteroatoms. The maximum Gasteiger partial charge on any atom is 0.161 e. The van der Waals surface area contributed by atoms with Gasteiger partial charge in [0.1, 0.15) is 5.82 Å². The maximum atomic E-state index is 5.62. The number of benzene rings is 1. The van der Waals surface area contributed by atoms with Crippen molar-refractivity contribution in [1.82, 2.24) is 15.0 Å². The molecular formula is C20H18N4. The zero-order chi connectivity index (χ0) is 16.5. The number of aromatic nitrogens is 3. The molecule has 2 heterocycles. The fourth-order valence-electron chi connectivity index (χ4n) is 2.76. The van der Waals surface area contributed by atoms with Crippen molar-refractivity contribution in [3.63, 3.8) is 0 Å². The molecule has 3 aromatic rings. The Bertz CT molecular complexity index is 915. The lowest BCUT2D eigenvalue weighted by Crippen LogP contribution is -2.00. The molecule has 24 heavy (non-hydrogen) atoms. The summed E-state index contributed by atoms with van der Waals surface area (Å²) < 4.78 is 0. The normalized spacial score (nSPS) is 13.5. The van der Waals surface area contributed by atoms with E-state index in [1.165, 1.54) is 18.5 Å². The smallest absolute Gasteiger partial charge is 0.161 e. The van der Waals surface area contributed by atoms with Crippen molar-refractivity contribution in [2.24, 2.45) is 0 Å². The van der Waals surface area contributed by atoms with Crippen molar-refractivity contribution in [3.05, 3.63) is 59.5 Å². The van der Waals surface area contributed by atoms with Crippen LogP contribution in [0.2, 0.25) is 0 Å². The number of terminal acetylenes is 1. The van der Waals surface area contributed by atoms with Crippen molar-refractivity contribution in [1.29, 1.82) is 0 Å². The highest BCUT2D eigenvalue weighted by Crippen LogP contribution is 2.41. The number of aromatic amines is 1. The SMILES string of the molecule is C#Cc1cnc(-c2ccccc2)nc1Nc1cc(C2CC2)[nH]c1C. The minimum Gasteiger partial charge on any atom is -0.361 e. The van der Waals surface area contributed by atoms with Gasteiger partial charge in [0.05, 0.1) is 11.3 Å². The second-order valence-corrected chi connectivity index (χ2v) is 6.13. The van der Waals surface area contributed by atoms with Crippen LogP contribution in [0.5, 0.6) is 0 Å². The number of H-pyrrole nitrogens is 1. The van der Waals surface area contributed by atoms with Crippen molar-refractivity contribution < 1.29 is 0 Å². The Kier molecular flexibility index (Phi) is 3.55. The number of hydrogen-bond donors (Lipinski definition) is 2. The van der Waals surface area contributed by atoms with E-state index in [-0.39, 0.29) is 0 Å². The van der Waals surface area contributed by atoms with E-state index in [4.69, 9.17) is 6.42 Å². The Hall–Kier alpha value is -3.06. The van der Waals surface area contributed by atoms with Gasteiger partial charge in [0.15, 0.2) is 5.82 Å². The Morgan fingerprint density at radius 1 is 1.25 bits per heavy atom. The van der Waals surface area contributed by atoms with Crippen LogP contribution in [0.25, 0.3) is 11.4 Å². The molecule has 0 atom stereocenters. The highest BCUT2D eigenvalue weighted by Gasteiger charge is 2.26. The summed E-state index contributed by atoms with van der Waals surface area (Å²) in [5, 5.41) is 3.38. The largest absolute Gasteiger partial charge is 0.361 e. The van der Waals surface area contributed by atoms with Crippen LogP contribution in [-0.2, 0) is 0 Å². The summed E-state index contributed by atoms with van der Waals surface area (Å²) in [4.78, 5) is 12.5. The van der Waals surface area contributed by atoms with Gasteiger partial charge in [0, 0.05) is 23.1 Å². The molecule has 4 nitrogen and oxygen atoms in total. The average molecular weight is 314 g/mol. The van der Waals surface area contributed by atoms with Gasteiger partial charge in [-0.1, -0.05) is 36.3 Å². The van der Waals surface area contributed by atoms with Gasteiger partial charge >= 0.3 is 0 Å². The first-order valence-electron chi connectivity index (χ1n) is 8.10. The lowest BCUT2D eigenvalue weighted by Gasteiger charge is -2.09. The number of anilines is 2. The summed E-state index contributed by atoms with van der Waals surface area (Å²) in [5.41, 5.74) is 5.03. The molecule has 1 aromatic carbocycles. The van der Waals surface area contributed by atoms with Gasteiger partial charge in [-0.3, -0.25) is 0 Å². The minimum atomic E-state index is 0.656. The molecule has 0 spiro atoms. The lowest BCUT2D eigenvalue weighted by atomic mass is 10.2. The van der Waals surface area contributed by atoms with E-state index in [2.05, 4.69) is 39.2 Å². The number of nitrogens with one attached hydrogen (secondary N) is 2. The van der Waals surface area contributed by atoms with Crippen molar-refractivity contribution in [3.8, 4) is 23.7 Å². The number of aryl methyl sites for hydroxylation is 1. The molecule has 0 bridgehead atoms. The quantitative estimate of drug-likeness (QED) is 0.703. The van der Waals surface area contributed by atoms with Gasteiger partial charge in [-0.05, 0) is 31.7 Å². The number of nitrogens with zero attached hydrogens (tertiary/aromatic N) is 2. The summed E-state index contributed by atoms with van der Waals surface area (Å²) in [6, 6.07) is 12.1. The zero-order valence-corrected chi connectivity index (χ0v) is 13.5. The summed E-state index contributed by atoms with van der Waals surface area (Å²) in [5.74, 6) is 4.66. The third-order valence-corrected chi connectivity index (χ3v) is 4.28. The van der Waals surface area contributed by atoms with Crippen LogP contribution in [0.1, 0.15) is 35.7 Å². The molecule has 0 unspecified atom stereocenters. The predicted octanol–water partition coefficient (Wildman–Crippen LogP) is 4.38. The fourth-order valence-corrected chi connectivity index (χ4v) is 2.76. The van der Waals surface area contributed by atoms with Gasteiger partial charge in [-0.25, -0.2) is 9.97 Å². The molecule has 1 saturated carbocycles. The molecule has 1 aliphatic rings. The van der Waals surface area contributed by atoms with Crippen molar-refractivity contribution in [2.45, 2.75) is 25.7 Å². The van der Waals surface area contributed by atoms with Gasteiger partial charge in [-0.15, -0.1) is 6.42 Å². The molecule has 2 aromatic heterocycles. The maximum absolute atomic E-state index is 5.62. The van der Waals surface area contributed by atoms with Crippen LogP contribution >= 0.6 is 0 Å². The standard InChI is InChI=1S/C20H18N4/c1-3-14-12-21-19(16-7-5-4-6-8-16)24-20(14)23-17-11-18(15-9-10-15)22-13(17)2/h1,4-8,11-12,15,22H,9-10H2,2H3,(H,21,23,24). The fraction of sp³-hybridized carbons (Fsp3) is 0.200. The molecule has 0 saturated heterocycles. The lowest BCUT2D eigenvalue weighted by molar-refractivity contribution is 1.03.